The molecule has 4 atom stereocenters. The zero-order valence-electron chi connectivity index (χ0n) is 25.8. The summed E-state index contributed by atoms with van der Waals surface area (Å²) >= 11 is 0. The van der Waals surface area contributed by atoms with E-state index in [1.165, 1.54) is 7.11 Å². The lowest BCUT2D eigenvalue weighted by Gasteiger charge is -2.47. The molecule has 37 heavy (non-hydrogen) atoms. The highest BCUT2D eigenvalue weighted by atomic mass is 31.2. The molecule has 1 aromatic rings. The van der Waals surface area contributed by atoms with Crippen molar-refractivity contribution in [1.29, 1.82) is 1.43 Å². The summed E-state index contributed by atoms with van der Waals surface area (Å²) in [7, 11) is -0.123. The van der Waals surface area contributed by atoms with Crippen LogP contribution in [-0.4, -0.2) is 95.6 Å². The first-order chi connectivity index (χ1) is 18.5. The first-order valence-corrected chi connectivity index (χ1v) is 14.1. The molecule has 0 saturated carbocycles. The fraction of sp³-hybridized carbons (Fsp3) is 0.808. The molecule has 2 unspecified atom stereocenters. The molecule has 10 nitrogen and oxygen atoms in total. The molecule has 0 radical (unpaired) electrons. The molecule has 1 N–H and O–H groups in total. The van der Waals surface area contributed by atoms with E-state index in [1.54, 1.807) is 0 Å². The Hall–Kier alpha value is -1.44. The highest BCUT2D eigenvalue weighted by Crippen LogP contribution is 2.47. The number of fused-ring (bicyclic) bond motifs is 1. The van der Waals surface area contributed by atoms with Crippen LogP contribution in [0.1, 0.15) is 81.0 Å². The van der Waals surface area contributed by atoms with E-state index in [9.17, 15) is 0 Å². The molecule has 1 aromatic heterocycles. The molecule has 1 saturated heterocycles. The normalized spacial score (nSPS) is 25.5. The van der Waals surface area contributed by atoms with Crippen molar-refractivity contribution in [3.8, 4) is 0 Å². The van der Waals surface area contributed by atoms with Crippen molar-refractivity contribution < 1.29 is 20.3 Å². The Morgan fingerprint density at radius 1 is 1.38 bits per heavy atom. The van der Waals surface area contributed by atoms with E-state index in [0.29, 0.717) is 32.2 Å². The molecule has 0 aliphatic carbocycles. The third-order valence-electron chi connectivity index (χ3n) is 6.33. The summed E-state index contributed by atoms with van der Waals surface area (Å²) < 4.78 is 37.7. The largest absolute Gasteiger partial charge is 0.400 e. The average Bonchev–Trinajstić information content (AvgIpc) is 3.33. The van der Waals surface area contributed by atoms with E-state index in [1.807, 2.05) is 17.1 Å². The number of imidazole rings is 1. The fourth-order valence-electron chi connectivity index (χ4n) is 4.57. The Morgan fingerprint density at radius 3 is 2.68 bits per heavy atom. The van der Waals surface area contributed by atoms with Crippen molar-refractivity contribution in [1.82, 2.24) is 19.1 Å². The number of aliphatic hydroxyl groups excluding tert-OH is 1. The van der Waals surface area contributed by atoms with Gasteiger partial charge < -0.3 is 23.7 Å². The zero-order valence-corrected chi connectivity index (χ0v) is 24.6. The van der Waals surface area contributed by atoms with Crippen molar-refractivity contribution in [2.24, 2.45) is 4.99 Å². The van der Waals surface area contributed by atoms with E-state index in [2.05, 4.69) is 78.0 Å². The standard InChI is InChI=1S/C25H43N6O3P.CH4O/c1-18(2)29-14-22(30-17-28-23-21(7)10-11-27-24(23)30)34-25(8,15-29)16-33-35(32-13-12-26-9)31(19(3)4)20(5)6;1-2/h11,17-22H,10,12-16H2,1-8H3;2H,1H3/t21?,22-,25+,35?;/m1./s1/i8D;2T. The van der Waals surface area contributed by atoms with Crippen LogP contribution in [-0.2, 0) is 13.8 Å². The van der Waals surface area contributed by atoms with E-state index < -0.39 is 14.1 Å². The highest BCUT2D eigenvalue weighted by Gasteiger charge is 2.41. The first-order valence-electron chi connectivity index (χ1n) is 14.1. The molecule has 0 bridgehead atoms. The van der Waals surface area contributed by atoms with Gasteiger partial charge in [0, 0.05) is 51.8 Å². The Balaban J connectivity index is 0.00000170. The molecule has 0 spiro atoms. The number of morpholine rings is 1. The van der Waals surface area contributed by atoms with E-state index in [4.69, 9.17) is 23.2 Å². The lowest BCUT2D eigenvalue weighted by molar-refractivity contribution is -0.192. The van der Waals surface area contributed by atoms with Gasteiger partial charge in [0.15, 0.2) is 5.82 Å². The average molecular weight is 542 g/mol. The maximum Gasteiger partial charge on any atom is 0.259 e. The van der Waals surface area contributed by atoms with Crippen molar-refractivity contribution in [2.45, 2.75) is 97.7 Å². The van der Waals surface area contributed by atoms with Crippen LogP contribution in [0.4, 0.5) is 5.82 Å². The summed E-state index contributed by atoms with van der Waals surface area (Å²) in [4.78, 5) is 15.1. The Morgan fingerprint density at radius 2 is 2.08 bits per heavy atom. The minimum Gasteiger partial charge on any atom is -0.400 e. The van der Waals surface area contributed by atoms with Crippen LogP contribution in [0.3, 0.4) is 0 Å². The summed E-state index contributed by atoms with van der Waals surface area (Å²) in [5.74, 6) is 1.17. The molecule has 11 heteroatoms. The molecule has 2 aliphatic rings. The quantitative estimate of drug-likeness (QED) is 0.240. The molecule has 0 aromatic carbocycles. The molecule has 0 amide bonds. The van der Waals surface area contributed by atoms with Crippen molar-refractivity contribution in [2.75, 3.05) is 40.0 Å². The second-order valence-corrected chi connectivity index (χ2v) is 11.8. The van der Waals surface area contributed by atoms with E-state index >= 15 is 0 Å². The van der Waals surface area contributed by atoms with E-state index in [0.717, 1.165) is 17.9 Å². The smallest absolute Gasteiger partial charge is 0.259 e. The van der Waals surface area contributed by atoms with Gasteiger partial charge in [-0.15, -0.1) is 0 Å². The van der Waals surface area contributed by atoms with Gasteiger partial charge in [-0.05, 0) is 54.9 Å². The van der Waals surface area contributed by atoms with Gasteiger partial charge in [-0.25, -0.2) is 21.2 Å². The van der Waals surface area contributed by atoms with Gasteiger partial charge in [0.2, 0.25) is 7.98 Å². The predicted molar refractivity (Wildman–Crippen MR) is 149 cm³/mol. The van der Waals surface area contributed by atoms with Crippen LogP contribution in [0.25, 0.3) is 4.85 Å². The number of aliphatic imine (C=N–C) groups is 1. The van der Waals surface area contributed by atoms with Gasteiger partial charge in [-0.2, -0.15) is 0 Å². The van der Waals surface area contributed by atoms with Gasteiger partial charge in [0.1, 0.15) is 18.4 Å². The SMILES string of the molecule is [2H]C[C@@]1(COP(OCC[N+]#[C-])N(C(C)C)C(C)C)CN(C(C)C)C[C@H](n2cnc3c2N=CCC3C)O1.[3H]OC. The third kappa shape index (κ3) is 8.27. The van der Waals surface area contributed by atoms with Crippen LogP contribution in [0.5, 0.6) is 0 Å². The van der Waals surface area contributed by atoms with Crippen LogP contribution >= 0.6 is 8.53 Å². The number of hydrogen-bond donors (Lipinski definition) is 1. The maximum absolute atomic E-state index is 8.53. The Kier molecular flexibility index (Phi) is 11.3. The molecule has 2 aliphatic heterocycles. The summed E-state index contributed by atoms with van der Waals surface area (Å²) in [5, 5.41) is 3.50. The summed E-state index contributed by atoms with van der Waals surface area (Å²) in [5.41, 5.74) is 0.161. The molecule has 1 fully saturated rings. The lowest BCUT2D eigenvalue weighted by atomic mass is 10.0. The van der Waals surface area contributed by atoms with Crippen molar-refractivity contribution in [3.63, 3.8) is 0 Å². The molecule has 3 heterocycles. The van der Waals surface area contributed by atoms with Crippen molar-refractivity contribution in [3.05, 3.63) is 23.4 Å². The van der Waals surface area contributed by atoms with Gasteiger partial charge in [-0.1, -0.05) is 6.92 Å². The Bertz CT molecular complexity index is 936. The second kappa shape index (κ2) is 14.6. The molecule has 210 valence electrons. The first kappa shape index (κ1) is 28.6. The van der Waals surface area contributed by atoms with E-state index in [-0.39, 0.29) is 37.9 Å². The number of nitrogens with zero attached hydrogens (tertiary/aromatic N) is 6. The van der Waals surface area contributed by atoms with Gasteiger partial charge in [0.05, 0.1) is 18.6 Å². The summed E-state index contributed by atoms with van der Waals surface area (Å²) in [6.07, 6.45) is 4.34. The highest BCUT2D eigenvalue weighted by molar-refractivity contribution is 7.44. The number of hydrogen-bond acceptors (Lipinski definition) is 8. The number of rotatable bonds is 11. The summed E-state index contributed by atoms with van der Waals surface area (Å²) in [6, 6.07) is 0.698. The van der Waals surface area contributed by atoms with Crippen LogP contribution in [0, 0.1) is 6.57 Å². The molecule has 3 rings (SSSR count). The number of aromatic nitrogens is 2. The Labute approximate surface area is 227 Å². The monoisotopic (exact) mass is 541 g/mol. The van der Waals surface area contributed by atoms with Crippen molar-refractivity contribution >= 4 is 20.6 Å². The fourth-order valence-corrected chi connectivity index (χ4v) is 6.25. The number of aliphatic hydroxyl groups is 1. The van der Waals surface area contributed by atoms with Crippen LogP contribution in [0.15, 0.2) is 11.3 Å². The molecular weight excluding hydrogens is 491 g/mol. The summed E-state index contributed by atoms with van der Waals surface area (Å²) in [6.45, 7) is 24.3. The van der Waals surface area contributed by atoms with Gasteiger partial charge in [-0.3, -0.25) is 9.47 Å². The topological polar surface area (TPSA) is 88.9 Å². The van der Waals surface area contributed by atoms with Crippen LogP contribution < -0.4 is 0 Å². The predicted octanol–water partition coefficient (Wildman–Crippen LogP) is 5.00. The zero-order chi connectivity index (χ0) is 29.2. The third-order valence-corrected chi connectivity index (χ3v) is 8.39. The molecular formula is C26H47N6O4P. The van der Waals surface area contributed by atoms with Gasteiger partial charge in [0.25, 0.3) is 8.53 Å². The number of ether oxygens (including phenoxy) is 1. The second-order valence-electron chi connectivity index (χ2n) is 10.4. The minimum absolute atomic E-state index is 0.0534. The maximum atomic E-state index is 8.53. The lowest BCUT2D eigenvalue weighted by Crippen LogP contribution is -2.56. The minimum atomic E-state index is -1.41. The van der Waals surface area contributed by atoms with Gasteiger partial charge >= 0.3 is 0 Å². The van der Waals surface area contributed by atoms with Crippen LogP contribution in [0.2, 0.25) is 0 Å².